The molecule has 2 atom stereocenters. The molecule has 0 radical (unpaired) electrons. The van der Waals surface area contributed by atoms with Crippen LogP contribution in [0.3, 0.4) is 0 Å². The number of amides is 2. The van der Waals surface area contributed by atoms with E-state index < -0.39 is 6.09 Å². The number of ether oxygens (including phenoxy) is 1. The lowest BCUT2D eigenvalue weighted by atomic mass is 10.0. The lowest BCUT2D eigenvalue weighted by Gasteiger charge is -2.18. The number of quaternary nitrogens is 1. The summed E-state index contributed by atoms with van der Waals surface area (Å²) in [6.07, 6.45) is 0.157. The summed E-state index contributed by atoms with van der Waals surface area (Å²) in [5.41, 5.74) is 1.15. The quantitative estimate of drug-likeness (QED) is 0.855. The Labute approximate surface area is 127 Å². The van der Waals surface area contributed by atoms with E-state index in [1.54, 1.807) is 6.92 Å². The standard InChI is InChI=1S/C14H19BrN2O3/c1-4-12(10-5-7-11(15)8-6-10)16-9(2)13(18)17-14(19)20-3/h5-9,12,16H,4H2,1-3H3,(H,17,18,19)/p+1/t9-,12-/m0/s1. The van der Waals surface area contributed by atoms with Crippen molar-refractivity contribution in [3.8, 4) is 0 Å². The summed E-state index contributed by atoms with van der Waals surface area (Å²) in [4.78, 5) is 22.8. The smallest absolute Gasteiger partial charge is 0.413 e. The fraction of sp³-hybridized carbons (Fsp3) is 0.429. The molecule has 0 heterocycles. The molecule has 6 heteroatoms. The molecule has 0 saturated heterocycles. The number of alkyl carbamates (subject to hydrolysis) is 1. The van der Waals surface area contributed by atoms with Crippen molar-refractivity contribution in [1.82, 2.24) is 5.32 Å². The van der Waals surface area contributed by atoms with Crippen LogP contribution in [0.5, 0.6) is 0 Å². The Morgan fingerprint density at radius 2 is 1.95 bits per heavy atom. The van der Waals surface area contributed by atoms with Crippen LogP contribution in [0, 0.1) is 0 Å². The Balaban J connectivity index is 2.66. The van der Waals surface area contributed by atoms with Crippen LogP contribution in [-0.2, 0) is 9.53 Å². The molecule has 0 unspecified atom stereocenters. The number of rotatable bonds is 5. The first-order valence-corrected chi connectivity index (χ1v) is 7.26. The van der Waals surface area contributed by atoms with Crippen molar-refractivity contribution < 1.29 is 19.6 Å². The summed E-state index contributed by atoms with van der Waals surface area (Å²) in [5.74, 6) is -0.354. The molecule has 3 N–H and O–H groups in total. The van der Waals surface area contributed by atoms with Crippen molar-refractivity contribution in [2.75, 3.05) is 7.11 Å². The van der Waals surface area contributed by atoms with Crippen molar-refractivity contribution in [3.05, 3.63) is 34.3 Å². The summed E-state index contributed by atoms with van der Waals surface area (Å²) in [7, 11) is 1.23. The molecule has 0 fully saturated rings. The number of nitrogens with two attached hydrogens (primary N) is 1. The molecule has 2 amide bonds. The maximum absolute atomic E-state index is 11.8. The largest absolute Gasteiger partial charge is 0.453 e. The summed E-state index contributed by atoms with van der Waals surface area (Å²) in [5, 5.41) is 4.13. The van der Waals surface area contributed by atoms with Crippen molar-refractivity contribution in [1.29, 1.82) is 0 Å². The van der Waals surface area contributed by atoms with Gasteiger partial charge in [0.25, 0.3) is 5.91 Å². The molecule has 5 nitrogen and oxygen atoms in total. The zero-order valence-electron chi connectivity index (χ0n) is 11.9. The first-order chi connectivity index (χ1) is 9.47. The van der Waals surface area contributed by atoms with Crippen molar-refractivity contribution in [3.63, 3.8) is 0 Å². The molecule has 0 bridgehead atoms. The predicted molar refractivity (Wildman–Crippen MR) is 79.1 cm³/mol. The number of benzene rings is 1. The van der Waals surface area contributed by atoms with Crippen molar-refractivity contribution in [2.45, 2.75) is 32.4 Å². The second-order valence-electron chi connectivity index (χ2n) is 4.53. The summed E-state index contributed by atoms with van der Waals surface area (Å²) >= 11 is 3.40. The lowest BCUT2D eigenvalue weighted by molar-refractivity contribution is -0.713. The second kappa shape index (κ2) is 8.01. The van der Waals surface area contributed by atoms with Crippen LogP contribution < -0.4 is 10.6 Å². The molecular formula is C14H20BrN2O3+. The summed E-state index contributed by atoms with van der Waals surface area (Å²) in [6, 6.07) is 7.80. The highest BCUT2D eigenvalue weighted by Gasteiger charge is 2.23. The van der Waals surface area contributed by atoms with Crippen molar-refractivity contribution in [2.24, 2.45) is 0 Å². The van der Waals surface area contributed by atoms with Crippen LogP contribution in [0.25, 0.3) is 0 Å². The Kier molecular flexibility index (Phi) is 6.67. The Morgan fingerprint density at radius 1 is 1.35 bits per heavy atom. The van der Waals surface area contributed by atoms with Gasteiger partial charge in [-0.25, -0.2) is 4.79 Å². The predicted octanol–water partition coefficient (Wildman–Crippen LogP) is 1.73. The van der Waals surface area contributed by atoms with E-state index in [0.717, 1.165) is 16.5 Å². The summed E-state index contributed by atoms with van der Waals surface area (Å²) in [6.45, 7) is 3.83. The topological polar surface area (TPSA) is 72.0 Å². The number of imide groups is 1. The van der Waals surface area contributed by atoms with E-state index in [1.165, 1.54) is 7.11 Å². The molecule has 0 spiro atoms. The second-order valence-corrected chi connectivity index (χ2v) is 5.44. The third kappa shape index (κ3) is 4.94. The first kappa shape index (κ1) is 16.7. The highest BCUT2D eigenvalue weighted by atomic mass is 79.9. The molecule has 0 aliphatic heterocycles. The van der Waals surface area contributed by atoms with Crippen LogP contribution >= 0.6 is 15.9 Å². The van der Waals surface area contributed by atoms with Crippen LogP contribution in [0.15, 0.2) is 28.7 Å². The minimum Gasteiger partial charge on any atom is -0.453 e. The van der Waals surface area contributed by atoms with E-state index in [1.807, 2.05) is 29.6 Å². The number of carbonyl (C=O) groups excluding carboxylic acids is 2. The van der Waals surface area contributed by atoms with Crippen LogP contribution in [0.2, 0.25) is 0 Å². The zero-order valence-corrected chi connectivity index (χ0v) is 13.4. The molecule has 110 valence electrons. The molecule has 1 aromatic rings. The van der Waals surface area contributed by atoms with Gasteiger partial charge in [0.2, 0.25) is 0 Å². The molecule has 20 heavy (non-hydrogen) atoms. The lowest BCUT2D eigenvalue weighted by Crippen LogP contribution is -2.92. The third-order valence-electron chi connectivity index (χ3n) is 3.08. The number of halogens is 1. The molecule has 0 aliphatic rings. The molecular weight excluding hydrogens is 324 g/mol. The van der Waals surface area contributed by atoms with Gasteiger partial charge in [0.05, 0.1) is 7.11 Å². The Hall–Kier alpha value is -1.40. The number of hydrogen-bond acceptors (Lipinski definition) is 3. The number of nitrogens with one attached hydrogen (secondary N) is 1. The first-order valence-electron chi connectivity index (χ1n) is 6.47. The van der Waals surface area contributed by atoms with Gasteiger partial charge in [0, 0.05) is 16.5 Å². The minimum absolute atomic E-state index is 0.168. The Bertz CT molecular complexity index is 462. The van der Waals surface area contributed by atoms with E-state index in [0.29, 0.717) is 0 Å². The number of carbonyl (C=O) groups is 2. The van der Waals surface area contributed by atoms with E-state index in [4.69, 9.17) is 0 Å². The van der Waals surface area contributed by atoms with Gasteiger partial charge in [-0.15, -0.1) is 0 Å². The maximum Gasteiger partial charge on any atom is 0.413 e. The van der Waals surface area contributed by atoms with E-state index in [2.05, 4.69) is 32.9 Å². The van der Waals surface area contributed by atoms with Crippen LogP contribution in [-0.4, -0.2) is 25.2 Å². The Morgan fingerprint density at radius 3 is 2.45 bits per heavy atom. The SMILES string of the molecule is CC[C@H]([NH2+][C@@H](C)C(=O)NC(=O)OC)c1ccc(Br)cc1. The van der Waals surface area contributed by atoms with Gasteiger partial charge in [-0.1, -0.05) is 35.0 Å². The highest BCUT2D eigenvalue weighted by molar-refractivity contribution is 9.10. The van der Waals surface area contributed by atoms with Gasteiger partial charge < -0.3 is 10.1 Å². The molecule has 1 aromatic carbocycles. The van der Waals surface area contributed by atoms with Gasteiger partial charge in [-0.2, -0.15) is 0 Å². The van der Waals surface area contributed by atoms with Gasteiger partial charge in [-0.05, 0) is 19.1 Å². The average Bonchev–Trinajstić information content (AvgIpc) is 2.45. The van der Waals surface area contributed by atoms with Crippen molar-refractivity contribution >= 4 is 27.9 Å². The number of methoxy groups -OCH3 is 1. The van der Waals surface area contributed by atoms with E-state index >= 15 is 0 Å². The van der Waals surface area contributed by atoms with Gasteiger partial charge in [0.1, 0.15) is 6.04 Å². The molecule has 0 aliphatic carbocycles. The average molecular weight is 344 g/mol. The maximum atomic E-state index is 11.8. The van der Waals surface area contributed by atoms with E-state index in [-0.39, 0.29) is 18.0 Å². The normalized spacial score (nSPS) is 13.4. The molecule has 1 rings (SSSR count). The summed E-state index contributed by atoms with van der Waals surface area (Å²) < 4.78 is 5.43. The fourth-order valence-electron chi connectivity index (χ4n) is 1.89. The van der Waals surface area contributed by atoms with Gasteiger partial charge in [-0.3, -0.25) is 10.1 Å². The molecule has 0 saturated carbocycles. The number of hydrogen-bond donors (Lipinski definition) is 2. The minimum atomic E-state index is -0.730. The van der Waals surface area contributed by atoms with Gasteiger partial charge >= 0.3 is 6.09 Å². The zero-order chi connectivity index (χ0) is 15.1. The fourth-order valence-corrected chi connectivity index (χ4v) is 2.16. The molecule has 0 aromatic heterocycles. The highest BCUT2D eigenvalue weighted by Crippen LogP contribution is 2.16. The van der Waals surface area contributed by atoms with Gasteiger partial charge in [0.15, 0.2) is 6.04 Å². The van der Waals surface area contributed by atoms with Crippen LogP contribution in [0.1, 0.15) is 31.9 Å². The van der Waals surface area contributed by atoms with E-state index in [9.17, 15) is 9.59 Å². The third-order valence-corrected chi connectivity index (χ3v) is 3.61. The monoisotopic (exact) mass is 343 g/mol. The van der Waals surface area contributed by atoms with Crippen LogP contribution in [0.4, 0.5) is 4.79 Å².